The van der Waals surface area contributed by atoms with E-state index in [9.17, 15) is 4.79 Å². The molecule has 0 aliphatic rings. The highest BCUT2D eigenvalue weighted by Crippen LogP contribution is 2.06. The molecule has 0 fully saturated rings. The van der Waals surface area contributed by atoms with Gasteiger partial charge in [-0.3, -0.25) is 0 Å². The van der Waals surface area contributed by atoms with E-state index in [2.05, 4.69) is 10.6 Å². The van der Waals surface area contributed by atoms with Crippen LogP contribution in [0.25, 0.3) is 0 Å². The van der Waals surface area contributed by atoms with Crippen LogP contribution in [0.3, 0.4) is 0 Å². The molecule has 1 rings (SSSR count). The van der Waals surface area contributed by atoms with Crippen molar-refractivity contribution in [2.45, 2.75) is 51.7 Å². The van der Waals surface area contributed by atoms with E-state index >= 15 is 0 Å². The molecule has 0 aromatic carbocycles. The molecule has 1 heterocycles. The molecule has 132 valence electrons. The van der Waals surface area contributed by atoms with Gasteiger partial charge in [-0.25, -0.2) is 4.79 Å². The van der Waals surface area contributed by atoms with Crippen molar-refractivity contribution in [2.24, 2.45) is 0 Å². The Morgan fingerprint density at radius 3 is 2.74 bits per heavy atom. The van der Waals surface area contributed by atoms with Crippen LogP contribution in [-0.4, -0.2) is 44.5 Å². The van der Waals surface area contributed by atoms with Gasteiger partial charge in [0.05, 0.1) is 12.9 Å². The lowest BCUT2D eigenvalue weighted by atomic mass is 10.1. The maximum Gasteiger partial charge on any atom is 0.407 e. The fourth-order valence-corrected chi connectivity index (χ4v) is 2.15. The molecular formula is C17H30N2O4. The fourth-order valence-electron chi connectivity index (χ4n) is 2.15. The van der Waals surface area contributed by atoms with E-state index < -0.39 is 5.60 Å². The van der Waals surface area contributed by atoms with Gasteiger partial charge in [-0.2, -0.15) is 0 Å². The number of nitrogens with one attached hydrogen (secondary N) is 2. The van der Waals surface area contributed by atoms with E-state index in [-0.39, 0.29) is 12.1 Å². The van der Waals surface area contributed by atoms with Crippen LogP contribution in [0.15, 0.2) is 22.8 Å². The minimum Gasteiger partial charge on any atom is -0.469 e. The minimum atomic E-state index is -0.462. The lowest BCUT2D eigenvalue weighted by Crippen LogP contribution is -2.36. The van der Waals surface area contributed by atoms with Crippen molar-refractivity contribution >= 4 is 6.09 Å². The van der Waals surface area contributed by atoms with Crippen LogP contribution < -0.4 is 10.6 Å². The van der Waals surface area contributed by atoms with Crippen LogP contribution in [0, 0.1) is 0 Å². The highest BCUT2D eigenvalue weighted by atomic mass is 16.6. The molecule has 6 nitrogen and oxygen atoms in total. The van der Waals surface area contributed by atoms with Gasteiger partial charge in [0.2, 0.25) is 0 Å². The van der Waals surface area contributed by atoms with Crippen molar-refractivity contribution in [2.75, 3.05) is 26.8 Å². The van der Waals surface area contributed by atoms with E-state index in [1.807, 2.05) is 32.9 Å². The zero-order chi connectivity index (χ0) is 17.1. The molecule has 1 atom stereocenters. The Bertz CT molecular complexity index is 426. The Morgan fingerprint density at radius 2 is 2.13 bits per heavy atom. The summed E-state index contributed by atoms with van der Waals surface area (Å²) in [5, 5.41) is 6.23. The number of amides is 1. The third-order valence-electron chi connectivity index (χ3n) is 3.15. The summed E-state index contributed by atoms with van der Waals surface area (Å²) in [6, 6.07) is 4.12. The molecule has 0 spiro atoms. The number of alkyl carbamates (subject to hydrolysis) is 1. The molecule has 0 radical (unpaired) electrons. The molecule has 23 heavy (non-hydrogen) atoms. The van der Waals surface area contributed by atoms with Crippen molar-refractivity contribution in [3.63, 3.8) is 0 Å². The summed E-state index contributed by atoms with van der Waals surface area (Å²) in [6.07, 6.45) is 3.95. The smallest absolute Gasteiger partial charge is 0.407 e. The van der Waals surface area contributed by atoms with Gasteiger partial charge in [0.25, 0.3) is 0 Å². The van der Waals surface area contributed by atoms with E-state index in [0.29, 0.717) is 13.2 Å². The third-order valence-corrected chi connectivity index (χ3v) is 3.15. The largest absolute Gasteiger partial charge is 0.469 e. The normalized spacial score (nSPS) is 12.9. The van der Waals surface area contributed by atoms with E-state index in [1.54, 1.807) is 13.4 Å². The molecule has 0 saturated heterocycles. The first-order chi connectivity index (χ1) is 10.9. The summed E-state index contributed by atoms with van der Waals surface area (Å²) in [4.78, 5) is 11.5. The second-order valence-corrected chi connectivity index (χ2v) is 6.51. The highest BCUT2D eigenvalue weighted by molar-refractivity contribution is 5.67. The number of carbonyl (C=O) groups excluding carboxylic acids is 1. The van der Waals surface area contributed by atoms with Crippen LogP contribution in [-0.2, 0) is 15.9 Å². The van der Waals surface area contributed by atoms with Gasteiger partial charge in [0, 0.05) is 32.7 Å². The summed E-state index contributed by atoms with van der Waals surface area (Å²) in [7, 11) is 1.69. The number of hydrogen-bond donors (Lipinski definition) is 2. The highest BCUT2D eigenvalue weighted by Gasteiger charge is 2.15. The van der Waals surface area contributed by atoms with E-state index in [4.69, 9.17) is 13.9 Å². The summed E-state index contributed by atoms with van der Waals surface area (Å²) < 4.78 is 15.7. The van der Waals surface area contributed by atoms with Crippen molar-refractivity contribution in [3.05, 3.63) is 24.2 Å². The summed E-state index contributed by atoms with van der Waals surface area (Å²) in [5.41, 5.74) is -0.462. The maximum atomic E-state index is 11.5. The maximum absolute atomic E-state index is 11.5. The average molecular weight is 326 g/mol. The predicted octanol–water partition coefficient (Wildman–Crippen LogP) is 2.73. The van der Waals surface area contributed by atoms with Crippen LogP contribution in [0.5, 0.6) is 0 Å². The topological polar surface area (TPSA) is 72.7 Å². The minimum absolute atomic E-state index is 0.260. The van der Waals surface area contributed by atoms with Crippen LogP contribution in [0.1, 0.15) is 39.4 Å². The summed E-state index contributed by atoms with van der Waals surface area (Å²) >= 11 is 0. The Hall–Kier alpha value is -1.53. The first kappa shape index (κ1) is 19.5. The van der Waals surface area contributed by atoms with Crippen LogP contribution in [0.2, 0.25) is 0 Å². The summed E-state index contributed by atoms with van der Waals surface area (Å²) in [5.74, 6) is 0.972. The molecule has 0 bridgehead atoms. The lowest BCUT2D eigenvalue weighted by molar-refractivity contribution is 0.0526. The van der Waals surface area contributed by atoms with Gasteiger partial charge in [0.1, 0.15) is 11.4 Å². The molecule has 1 aromatic rings. The number of ether oxygens (including phenoxy) is 2. The molecule has 1 unspecified atom stereocenters. The van der Waals surface area contributed by atoms with Crippen LogP contribution >= 0.6 is 0 Å². The van der Waals surface area contributed by atoms with Gasteiger partial charge < -0.3 is 24.5 Å². The Morgan fingerprint density at radius 1 is 1.35 bits per heavy atom. The predicted molar refractivity (Wildman–Crippen MR) is 89.5 cm³/mol. The van der Waals surface area contributed by atoms with Gasteiger partial charge in [-0.05, 0) is 45.7 Å². The second kappa shape index (κ2) is 10.3. The first-order valence-electron chi connectivity index (χ1n) is 8.12. The van der Waals surface area contributed by atoms with Gasteiger partial charge >= 0.3 is 6.09 Å². The van der Waals surface area contributed by atoms with Gasteiger partial charge in [0.15, 0.2) is 0 Å². The average Bonchev–Trinajstić information content (AvgIpc) is 2.94. The molecule has 0 aliphatic heterocycles. The molecular weight excluding hydrogens is 296 g/mol. The number of methoxy groups -OCH3 is 1. The van der Waals surface area contributed by atoms with Crippen molar-refractivity contribution in [1.82, 2.24) is 10.6 Å². The molecule has 1 aromatic heterocycles. The van der Waals surface area contributed by atoms with Crippen molar-refractivity contribution < 1.29 is 18.7 Å². The van der Waals surface area contributed by atoms with Crippen LogP contribution in [0.4, 0.5) is 4.79 Å². The van der Waals surface area contributed by atoms with Crippen molar-refractivity contribution in [3.8, 4) is 0 Å². The quantitative estimate of drug-likeness (QED) is 0.647. The molecule has 2 N–H and O–H groups in total. The van der Waals surface area contributed by atoms with Gasteiger partial charge in [-0.1, -0.05) is 0 Å². The molecule has 1 amide bonds. The number of carbonyl (C=O) groups is 1. The number of rotatable bonds is 10. The molecule has 0 saturated carbocycles. The second-order valence-electron chi connectivity index (χ2n) is 6.51. The monoisotopic (exact) mass is 326 g/mol. The molecule has 0 aliphatic carbocycles. The Balaban J connectivity index is 2.16. The Labute approximate surface area is 138 Å². The van der Waals surface area contributed by atoms with Gasteiger partial charge in [-0.15, -0.1) is 0 Å². The molecule has 6 heteroatoms. The van der Waals surface area contributed by atoms with E-state index in [1.165, 1.54) is 0 Å². The van der Waals surface area contributed by atoms with Crippen molar-refractivity contribution in [1.29, 1.82) is 0 Å². The fraction of sp³-hybridized carbons (Fsp3) is 0.706. The SMILES string of the molecule is COCC(CCCNC(=O)OC(C)(C)C)NCCc1ccco1. The Kier molecular flexibility index (Phi) is 8.73. The first-order valence-corrected chi connectivity index (χ1v) is 8.12. The number of furan rings is 1. The summed E-state index contributed by atoms with van der Waals surface area (Å²) in [6.45, 7) is 7.62. The lowest BCUT2D eigenvalue weighted by Gasteiger charge is -2.20. The zero-order valence-corrected chi connectivity index (χ0v) is 14.7. The standard InChI is InChI=1S/C17H30N2O4/c1-17(2,3)23-16(20)19-10-5-7-14(13-21-4)18-11-9-15-8-6-12-22-15/h6,8,12,14,18H,5,7,9-11,13H2,1-4H3,(H,19,20). The van der Waals surface area contributed by atoms with E-state index in [0.717, 1.165) is 31.6 Å². The zero-order valence-electron chi connectivity index (χ0n) is 14.7. The third kappa shape index (κ3) is 9.97. The number of hydrogen-bond acceptors (Lipinski definition) is 5.